The number of carbonyl (C=O) groups is 1. The Labute approximate surface area is 127 Å². The zero-order chi connectivity index (χ0) is 15.7. The highest BCUT2D eigenvalue weighted by molar-refractivity contribution is 5.92. The molecule has 2 heterocycles. The first-order chi connectivity index (χ1) is 10.5. The van der Waals surface area contributed by atoms with E-state index < -0.39 is 0 Å². The van der Waals surface area contributed by atoms with Crippen LogP contribution >= 0.6 is 0 Å². The average Bonchev–Trinajstić information content (AvgIpc) is 3.16. The van der Waals surface area contributed by atoms with Crippen LogP contribution in [0.1, 0.15) is 29.8 Å². The Bertz CT molecular complexity index is 729. The number of H-pyrrole nitrogens is 1. The molecule has 22 heavy (non-hydrogen) atoms. The molecule has 0 bridgehead atoms. The summed E-state index contributed by atoms with van der Waals surface area (Å²) in [6.07, 6.45) is 7.52. The summed E-state index contributed by atoms with van der Waals surface area (Å²) in [6.45, 7) is 0. The number of rotatable bonds is 4. The first kappa shape index (κ1) is 14.4. The van der Waals surface area contributed by atoms with E-state index in [2.05, 4.69) is 15.4 Å². The molecule has 0 spiro atoms. The van der Waals surface area contributed by atoms with Crippen LogP contribution in [0.5, 0.6) is 5.75 Å². The van der Waals surface area contributed by atoms with Crippen LogP contribution < -0.4 is 15.7 Å². The molecule has 3 rings (SSSR count). The Morgan fingerprint density at radius 3 is 2.91 bits per heavy atom. The number of carbonyl (C=O) groups excluding carboxylic acids is 1. The standard InChI is InChI=1S/C14H19N5O3/c1-18-8-9(6-16-18)22-12-5-3-4-10(12)17-13(20)11-7-15-14(21)19(11)2/h6-8,10,12H,3-5H2,1-2H3,(H,15,21)(H,17,20)/t10-,12+/m0/s1. The average molecular weight is 305 g/mol. The Morgan fingerprint density at radius 2 is 2.27 bits per heavy atom. The Balaban J connectivity index is 1.67. The SMILES string of the molecule is Cn1cc(O[C@@H]2CCC[C@@H]2NC(=O)c2c[nH]c(=O)n2C)cn1. The van der Waals surface area contributed by atoms with E-state index in [1.165, 1.54) is 10.8 Å². The van der Waals surface area contributed by atoms with Crippen LogP contribution in [0.15, 0.2) is 23.4 Å². The Morgan fingerprint density at radius 1 is 1.45 bits per heavy atom. The van der Waals surface area contributed by atoms with Crippen molar-refractivity contribution in [2.24, 2.45) is 14.1 Å². The van der Waals surface area contributed by atoms with Crippen LogP contribution in [0.3, 0.4) is 0 Å². The summed E-state index contributed by atoms with van der Waals surface area (Å²) >= 11 is 0. The smallest absolute Gasteiger partial charge is 0.325 e. The number of aryl methyl sites for hydroxylation is 1. The van der Waals surface area contributed by atoms with Crippen molar-refractivity contribution >= 4 is 5.91 Å². The maximum absolute atomic E-state index is 12.3. The number of nitrogens with one attached hydrogen (secondary N) is 2. The van der Waals surface area contributed by atoms with Crippen molar-refractivity contribution in [3.05, 3.63) is 34.8 Å². The Hall–Kier alpha value is -2.51. The topological polar surface area (TPSA) is 93.9 Å². The number of ether oxygens (including phenoxy) is 1. The van der Waals surface area contributed by atoms with Crippen molar-refractivity contribution in [1.82, 2.24) is 24.6 Å². The number of hydrogen-bond acceptors (Lipinski definition) is 4. The van der Waals surface area contributed by atoms with E-state index in [1.807, 2.05) is 7.05 Å². The maximum atomic E-state index is 12.3. The van der Waals surface area contributed by atoms with E-state index in [-0.39, 0.29) is 23.7 Å². The van der Waals surface area contributed by atoms with Crippen LogP contribution in [0.2, 0.25) is 0 Å². The quantitative estimate of drug-likeness (QED) is 0.842. The summed E-state index contributed by atoms with van der Waals surface area (Å²) in [5, 5.41) is 7.02. The van der Waals surface area contributed by atoms with Crippen LogP contribution in [0.25, 0.3) is 0 Å². The van der Waals surface area contributed by atoms with Gasteiger partial charge in [0, 0.05) is 20.3 Å². The molecule has 8 nitrogen and oxygen atoms in total. The van der Waals surface area contributed by atoms with Crippen molar-refractivity contribution in [2.75, 3.05) is 0 Å². The molecule has 8 heteroatoms. The molecule has 2 N–H and O–H groups in total. The van der Waals surface area contributed by atoms with E-state index in [1.54, 1.807) is 24.1 Å². The van der Waals surface area contributed by atoms with Crippen molar-refractivity contribution in [3.63, 3.8) is 0 Å². The highest BCUT2D eigenvalue weighted by Crippen LogP contribution is 2.24. The largest absolute Gasteiger partial charge is 0.485 e. The highest BCUT2D eigenvalue weighted by atomic mass is 16.5. The lowest BCUT2D eigenvalue weighted by atomic mass is 10.2. The van der Waals surface area contributed by atoms with Gasteiger partial charge < -0.3 is 15.0 Å². The highest BCUT2D eigenvalue weighted by Gasteiger charge is 2.31. The van der Waals surface area contributed by atoms with Gasteiger partial charge in [-0.2, -0.15) is 5.10 Å². The fourth-order valence-corrected chi connectivity index (χ4v) is 2.76. The summed E-state index contributed by atoms with van der Waals surface area (Å²) < 4.78 is 8.87. The van der Waals surface area contributed by atoms with Gasteiger partial charge in [-0.25, -0.2) is 4.79 Å². The van der Waals surface area contributed by atoms with E-state index in [0.29, 0.717) is 11.4 Å². The fraction of sp³-hybridized carbons (Fsp3) is 0.500. The van der Waals surface area contributed by atoms with Gasteiger partial charge in [0.15, 0.2) is 5.75 Å². The molecule has 2 aromatic heterocycles. The van der Waals surface area contributed by atoms with Crippen molar-refractivity contribution in [2.45, 2.75) is 31.4 Å². The lowest BCUT2D eigenvalue weighted by Crippen LogP contribution is -2.43. The Kier molecular flexibility index (Phi) is 3.74. The van der Waals surface area contributed by atoms with Crippen LogP contribution in [-0.2, 0) is 14.1 Å². The van der Waals surface area contributed by atoms with Crippen LogP contribution in [0, 0.1) is 0 Å². The lowest BCUT2D eigenvalue weighted by molar-refractivity contribution is 0.0885. The second-order valence-electron chi connectivity index (χ2n) is 5.55. The number of nitrogens with zero attached hydrogens (tertiary/aromatic N) is 3. The molecular weight excluding hydrogens is 286 g/mol. The summed E-state index contributed by atoms with van der Waals surface area (Å²) in [5.74, 6) is 0.426. The fourth-order valence-electron chi connectivity index (χ4n) is 2.76. The molecule has 0 aromatic carbocycles. The predicted molar refractivity (Wildman–Crippen MR) is 78.8 cm³/mol. The van der Waals surface area contributed by atoms with Gasteiger partial charge in [0.1, 0.15) is 11.8 Å². The maximum Gasteiger partial charge on any atom is 0.325 e. The van der Waals surface area contributed by atoms with Gasteiger partial charge in [-0.05, 0) is 19.3 Å². The normalized spacial score (nSPS) is 21.0. The molecule has 1 saturated carbocycles. The minimum absolute atomic E-state index is 0.0716. The summed E-state index contributed by atoms with van der Waals surface area (Å²) in [5.41, 5.74) is 0.0109. The minimum atomic E-state index is -0.306. The van der Waals surface area contributed by atoms with Crippen LogP contribution in [0.4, 0.5) is 0 Å². The van der Waals surface area contributed by atoms with Crippen LogP contribution in [-0.4, -0.2) is 37.4 Å². The zero-order valence-electron chi connectivity index (χ0n) is 12.6. The van der Waals surface area contributed by atoms with E-state index in [9.17, 15) is 9.59 Å². The third kappa shape index (κ3) is 2.76. The molecule has 1 fully saturated rings. The third-order valence-electron chi connectivity index (χ3n) is 3.97. The zero-order valence-corrected chi connectivity index (χ0v) is 12.6. The number of amides is 1. The van der Waals surface area contributed by atoms with E-state index >= 15 is 0 Å². The van der Waals surface area contributed by atoms with Gasteiger partial charge in [0.2, 0.25) is 0 Å². The molecule has 1 amide bonds. The van der Waals surface area contributed by atoms with Crippen molar-refractivity contribution < 1.29 is 9.53 Å². The molecule has 118 valence electrons. The summed E-state index contributed by atoms with van der Waals surface area (Å²) in [4.78, 5) is 26.2. The predicted octanol–water partition coefficient (Wildman–Crippen LogP) is 0.177. The molecular formula is C14H19N5O3. The molecule has 0 aliphatic heterocycles. The molecule has 0 radical (unpaired) electrons. The van der Waals surface area contributed by atoms with Gasteiger partial charge >= 0.3 is 5.69 Å². The molecule has 0 saturated heterocycles. The first-order valence-electron chi connectivity index (χ1n) is 7.25. The minimum Gasteiger partial charge on any atom is -0.485 e. The van der Waals surface area contributed by atoms with Crippen molar-refractivity contribution in [3.8, 4) is 5.75 Å². The van der Waals surface area contributed by atoms with Gasteiger partial charge in [0.25, 0.3) is 5.91 Å². The molecule has 2 atom stereocenters. The number of imidazole rings is 1. The van der Waals surface area contributed by atoms with Gasteiger partial charge in [-0.1, -0.05) is 0 Å². The lowest BCUT2D eigenvalue weighted by Gasteiger charge is -2.21. The van der Waals surface area contributed by atoms with Gasteiger partial charge in [-0.15, -0.1) is 0 Å². The summed E-state index contributed by atoms with van der Waals surface area (Å²) in [7, 11) is 3.39. The molecule has 1 aliphatic carbocycles. The van der Waals surface area contributed by atoms with E-state index in [4.69, 9.17) is 4.74 Å². The summed E-state index contributed by atoms with van der Waals surface area (Å²) in [6, 6.07) is -0.0716. The second-order valence-corrected chi connectivity index (χ2v) is 5.55. The number of aromatic nitrogens is 4. The molecule has 2 aromatic rings. The third-order valence-corrected chi connectivity index (χ3v) is 3.97. The second kappa shape index (κ2) is 5.70. The van der Waals surface area contributed by atoms with Gasteiger partial charge in [0.05, 0.1) is 18.4 Å². The number of aromatic amines is 1. The molecule has 1 aliphatic rings. The van der Waals surface area contributed by atoms with E-state index in [0.717, 1.165) is 19.3 Å². The van der Waals surface area contributed by atoms with Gasteiger partial charge in [-0.3, -0.25) is 14.0 Å². The monoisotopic (exact) mass is 305 g/mol. The van der Waals surface area contributed by atoms with Crippen molar-refractivity contribution in [1.29, 1.82) is 0 Å². The number of hydrogen-bond donors (Lipinski definition) is 2. The first-order valence-corrected chi connectivity index (χ1v) is 7.25. The molecule has 0 unspecified atom stereocenters.